The van der Waals surface area contributed by atoms with E-state index in [9.17, 15) is 30.6 Å². The van der Waals surface area contributed by atoms with E-state index in [-0.39, 0.29) is 55.9 Å². The number of hydrogen-bond donors (Lipinski definition) is 6. The van der Waals surface area contributed by atoms with Crippen molar-refractivity contribution in [3.63, 3.8) is 0 Å². The summed E-state index contributed by atoms with van der Waals surface area (Å²) in [4.78, 5) is 0. The van der Waals surface area contributed by atoms with E-state index in [2.05, 4.69) is 0 Å². The number of aliphatic hydroxyl groups is 6. The first-order valence-electron chi connectivity index (χ1n) is 21.2. The molecule has 3 rings (SSSR count). The molecule has 0 aromatic rings. The second-order valence-corrected chi connectivity index (χ2v) is 16.9. The zero-order valence-electron chi connectivity index (χ0n) is 34.1. The first-order chi connectivity index (χ1) is 24.6. The third-order valence-electron chi connectivity index (χ3n) is 11.4. The normalized spacial score (nSPS) is 21.5. The standard InChI is InChI=1S/3C12H24O2.C8H14O/c3*13-10-12(11-14)8-6-4-2-1-3-5-7-9-12;1-7(2)5-9-6-8(3)4/h3*13-14H,1-11H2;5-6H,1-4H3. The highest BCUT2D eigenvalue weighted by atomic mass is 16.5. The Morgan fingerprint density at radius 1 is 0.333 bits per heavy atom. The molecule has 3 aliphatic rings. The first-order valence-corrected chi connectivity index (χ1v) is 21.2. The van der Waals surface area contributed by atoms with Gasteiger partial charge in [-0.2, -0.15) is 0 Å². The third-order valence-corrected chi connectivity index (χ3v) is 11.4. The van der Waals surface area contributed by atoms with Crippen LogP contribution < -0.4 is 0 Å². The fraction of sp³-hybridized carbons (Fsp3) is 0.909. The summed E-state index contributed by atoms with van der Waals surface area (Å²) in [5.41, 5.74) is 1.84. The fourth-order valence-electron chi connectivity index (χ4n) is 7.43. The van der Waals surface area contributed by atoms with Gasteiger partial charge in [0.05, 0.1) is 52.2 Å². The van der Waals surface area contributed by atoms with Crippen LogP contribution in [0.1, 0.15) is 201 Å². The molecule has 0 bridgehead atoms. The molecule has 0 heterocycles. The summed E-state index contributed by atoms with van der Waals surface area (Å²) in [5, 5.41) is 56.2. The van der Waals surface area contributed by atoms with E-state index in [4.69, 9.17) is 4.74 Å². The van der Waals surface area contributed by atoms with E-state index >= 15 is 0 Å². The maximum atomic E-state index is 9.36. The van der Waals surface area contributed by atoms with Crippen molar-refractivity contribution in [1.82, 2.24) is 0 Å². The monoisotopic (exact) mass is 727 g/mol. The molecule has 7 heteroatoms. The van der Waals surface area contributed by atoms with Gasteiger partial charge in [-0.25, -0.2) is 0 Å². The van der Waals surface area contributed by atoms with Crippen LogP contribution >= 0.6 is 0 Å². The predicted octanol–water partition coefficient (Wildman–Crippen LogP) is 10.3. The number of rotatable bonds is 8. The smallest absolute Gasteiger partial charge is 0.0887 e. The van der Waals surface area contributed by atoms with Gasteiger partial charge in [-0.15, -0.1) is 0 Å². The number of aliphatic hydroxyl groups excluding tert-OH is 6. The van der Waals surface area contributed by atoms with Crippen LogP contribution in [-0.2, 0) is 4.74 Å². The van der Waals surface area contributed by atoms with Crippen LogP contribution in [0, 0.1) is 16.2 Å². The lowest BCUT2D eigenvalue weighted by Gasteiger charge is -2.30. The van der Waals surface area contributed by atoms with E-state index in [1.807, 2.05) is 27.7 Å². The molecule has 3 aliphatic carbocycles. The summed E-state index contributed by atoms with van der Waals surface area (Å²) in [6.07, 6.45) is 36.1. The Kier molecular flexibility index (Phi) is 31.9. The van der Waals surface area contributed by atoms with Gasteiger partial charge in [-0.05, 0) is 77.4 Å². The molecule has 7 nitrogen and oxygen atoms in total. The Morgan fingerprint density at radius 2 is 0.490 bits per heavy atom. The number of hydrogen-bond acceptors (Lipinski definition) is 7. The van der Waals surface area contributed by atoms with Crippen LogP contribution in [-0.4, -0.2) is 70.3 Å². The second kappa shape index (κ2) is 32.5. The summed E-state index contributed by atoms with van der Waals surface area (Å²) in [7, 11) is 0. The fourth-order valence-corrected chi connectivity index (χ4v) is 7.43. The summed E-state index contributed by atoms with van der Waals surface area (Å²) < 4.78 is 5.03. The molecule has 51 heavy (non-hydrogen) atoms. The topological polar surface area (TPSA) is 131 Å². The van der Waals surface area contributed by atoms with Crippen LogP contribution in [0.2, 0.25) is 0 Å². The van der Waals surface area contributed by atoms with Crippen LogP contribution in [0.5, 0.6) is 0 Å². The summed E-state index contributed by atoms with van der Waals surface area (Å²) in [6.45, 7) is 8.93. The molecule has 0 aliphatic heterocycles. The van der Waals surface area contributed by atoms with Crippen LogP contribution in [0.25, 0.3) is 0 Å². The zero-order valence-corrected chi connectivity index (χ0v) is 34.1. The molecule has 0 aromatic carbocycles. The Balaban J connectivity index is 0.000000663. The van der Waals surface area contributed by atoms with Crippen molar-refractivity contribution in [2.75, 3.05) is 39.6 Å². The lowest BCUT2D eigenvalue weighted by atomic mass is 9.78. The lowest BCUT2D eigenvalue weighted by Crippen LogP contribution is -2.30. The van der Waals surface area contributed by atoms with Gasteiger partial charge in [0.15, 0.2) is 0 Å². The van der Waals surface area contributed by atoms with Gasteiger partial charge in [-0.1, -0.05) is 135 Å². The molecule has 3 fully saturated rings. The third kappa shape index (κ3) is 25.7. The van der Waals surface area contributed by atoms with Gasteiger partial charge in [-0.3, -0.25) is 0 Å². The van der Waals surface area contributed by atoms with Crippen LogP contribution in [0.4, 0.5) is 0 Å². The number of ether oxygens (including phenoxy) is 1. The molecule has 0 aromatic heterocycles. The van der Waals surface area contributed by atoms with Crippen molar-refractivity contribution in [1.29, 1.82) is 0 Å². The van der Waals surface area contributed by atoms with Gasteiger partial charge in [0.1, 0.15) is 0 Å². The minimum Gasteiger partial charge on any atom is -0.473 e. The molecule has 0 saturated heterocycles. The van der Waals surface area contributed by atoms with Crippen molar-refractivity contribution in [2.45, 2.75) is 201 Å². The Hall–Kier alpha value is -0.960. The maximum Gasteiger partial charge on any atom is 0.0887 e. The zero-order chi connectivity index (χ0) is 38.1. The van der Waals surface area contributed by atoms with Gasteiger partial charge >= 0.3 is 0 Å². The van der Waals surface area contributed by atoms with Crippen LogP contribution in [0.3, 0.4) is 0 Å². The summed E-state index contributed by atoms with van der Waals surface area (Å²) in [6, 6.07) is 0. The highest BCUT2D eigenvalue weighted by molar-refractivity contribution is 4.92. The van der Waals surface area contributed by atoms with Crippen molar-refractivity contribution < 1.29 is 35.4 Å². The maximum absolute atomic E-state index is 9.36. The first kappa shape index (κ1) is 50.0. The SMILES string of the molecule is CC(C)=COC=C(C)C.OCC1(CO)CCCCCCCCC1.OCC1(CO)CCCCCCCCC1.OCC1(CO)CCCCCCCCC1. The van der Waals surface area contributed by atoms with Gasteiger partial charge in [0, 0.05) is 16.2 Å². The van der Waals surface area contributed by atoms with E-state index in [0.29, 0.717) is 0 Å². The minimum atomic E-state index is -0.169. The van der Waals surface area contributed by atoms with Crippen molar-refractivity contribution in [2.24, 2.45) is 16.2 Å². The molecule has 0 atom stereocenters. The average Bonchev–Trinajstić information content (AvgIpc) is 3.15. The predicted molar refractivity (Wildman–Crippen MR) is 214 cm³/mol. The second-order valence-electron chi connectivity index (χ2n) is 16.9. The van der Waals surface area contributed by atoms with E-state index in [0.717, 1.165) is 38.5 Å². The highest BCUT2D eigenvalue weighted by Gasteiger charge is 2.29. The van der Waals surface area contributed by atoms with E-state index in [1.165, 1.54) is 146 Å². The molecular weight excluding hydrogens is 640 g/mol. The minimum absolute atomic E-state index is 0.156. The Morgan fingerprint density at radius 3 is 0.627 bits per heavy atom. The lowest BCUT2D eigenvalue weighted by molar-refractivity contribution is 0.0343. The largest absolute Gasteiger partial charge is 0.473 e. The van der Waals surface area contributed by atoms with Crippen molar-refractivity contribution >= 4 is 0 Å². The molecule has 304 valence electrons. The van der Waals surface area contributed by atoms with Gasteiger partial charge < -0.3 is 35.4 Å². The molecule has 3 saturated carbocycles. The highest BCUT2D eigenvalue weighted by Crippen LogP contribution is 2.34. The molecule has 0 spiro atoms. The van der Waals surface area contributed by atoms with Gasteiger partial charge in [0.25, 0.3) is 0 Å². The van der Waals surface area contributed by atoms with Crippen molar-refractivity contribution in [3.8, 4) is 0 Å². The summed E-state index contributed by atoms with van der Waals surface area (Å²) >= 11 is 0. The van der Waals surface area contributed by atoms with Crippen LogP contribution in [0.15, 0.2) is 23.7 Å². The molecule has 6 N–H and O–H groups in total. The number of allylic oxidation sites excluding steroid dienone is 2. The molecule has 0 unspecified atom stereocenters. The van der Waals surface area contributed by atoms with E-state index in [1.54, 1.807) is 12.5 Å². The summed E-state index contributed by atoms with van der Waals surface area (Å²) in [5.74, 6) is 0. The van der Waals surface area contributed by atoms with E-state index < -0.39 is 0 Å². The Bertz CT molecular complexity index is 686. The Labute approximate surface area is 315 Å². The van der Waals surface area contributed by atoms with Gasteiger partial charge in [0.2, 0.25) is 0 Å². The molecular formula is C44H86O7. The average molecular weight is 727 g/mol. The van der Waals surface area contributed by atoms with Crippen molar-refractivity contribution in [3.05, 3.63) is 23.7 Å². The molecule has 0 amide bonds. The quantitative estimate of drug-likeness (QED) is 0.137. The molecule has 0 radical (unpaired) electrons.